The first-order valence-corrected chi connectivity index (χ1v) is 10.9. The highest BCUT2D eigenvalue weighted by molar-refractivity contribution is 5.79. The SMILES string of the molecule is O=C(C1CCCCC1)N1CCC(CN2CCc3cc(-c4cn[nH]c4)ccc32)C1. The van der Waals surface area contributed by atoms with Crippen molar-refractivity contribution in [1.82, 2.24) is 15.1 Å². The minimum absolute atomic E-state index is 0.307. The topological polar surface area (TPSA) is 52.2 Å². The second-order valence-electron chi connectivity index (χ2n) is 8.80. The van der Waals surface area contributed by atoms with Crippen LogP contribution in [0.15, 0.2) is 30.6 Å². The highest BCUT2D eigenvalue weighted by Crippen LogP contribution is 2.34. The summed E-state index contributed by atoms with van der Waals surface area (Å²) in [5, 5.41) is 6.96. The van der Waals surface area contributed by atoms with Gasteiger partial charge >= 0.3 is 0 Å². The van der Waals surface area contributed by atoms with Crippen molar-refractivity contribution in [1.29, 1.82) is 0 Å². The third-order valence-corrected chi connectivity index (χ3v) is 6.93. The smallest absolute Gasteiger partial charge is 0.225 e. The third-order valence-electron chi connectivity index (χ3n) is 6.93. The summed E-state index contributed by atoms with van der Waals surface area (Å²) in [6.45, 7) is 4.08. The Morgan fingerprint density at radius 2 is 2.00 bits per heavy atom. The van der Waals surface area contributed by atoms with Crippen molar-refractivity contribution < 1.29 is 4.79 Å². The van der Waals surface area contributed by atoms with E-state index in [9.17, 15) is 4.79 Å². The molecule has 3 aliphatic rings. The van der Waals surface area contributed by atoms with Crippen molar-refractivity contribution in [2.24, 2.45) is 11.8 Å². The number of likely N-dealkylation sites (tertiary alicyclic amines) is 1. The van der Waals surface area contributed by atoms with Crippen LogP contribution in [0, 0.1) is 11.8 Å². The van der Waals surface area contributed by atoms with Gasteiger partial charge in [0.2, 0.25) is 5.91 Å². The molecule has 0 bridgehead atoms. The van der Waals surface area contributed by atoms with Crippen LogP contribution in [0.3, 0.4) is 0 Å². The number of hydrogen-bond donors (Lipinski definition) is 1. The monoisotopic (exact) mass is 378 g/mol. The fraction of sp³-hybridized carbons (Fsp3) is 0.565. The predicted octanol–water partition coefficient (Wildman–Crippen LogP) is 3.87. The number of amides is 1. The van der Waals surface area contributed by atoms with Crippen LogP contribution in [0.5, 0.6) is 0 Å². The van der Waals surface area contributed by atoms with Crippen molar-refractivity contribution >= 4 is 11.6 Å². The first kappa shape index (κ1) is 17.8. The van der Waals surface area contributed by atoms with Crippen LogP contribution in [0.2, 0.25) is 0 Å². The molecule has 2 aliphatic heterocycles. The first-order chi connectivity index (χ1) is 13.8. The largest absolute Gasteiger partial charge is 0.371 e. The van der Waals surface area contributed by atoms with Gasteiger partial charge in [0.1, 0.15) is 0 Å². The molecule has 1 unspecified atom stereocenters. The molecule has 1 amide bonds. The van der Waals surface area contributed by atoms with Gasteiger partial charge in [0.25, 0.3) is 0 Å². The minimum Gasteiger partial charge on any atom is -0.371 e. The van der Waals surface area contributed by atoms with Gasteiger partial charge in [-0.3, -0.25) is 9.89 Å². The van der Waals surface area contributed by atoms with E-state index in [1.165, 1.54) is 36.1 Å². The van der Waals surface area contributed by atoms with Crippen LogP contribution >= 0.6 is 0 Å². The Bertz CT molecular complexity index is 825. The highest BCUT2D eigenvalue weighted by Gasteiger charge is 2.33. The number of aromatic nitrogens is 2. The Balaban J connectivity index is 1.21. The van der Waals surface area contributed by atoms with Crippen LogP contribution in [0.25, 0.3) is 11.1 Å². The fourth-order valence-corrected chi connectivity index (χ4v) is 5.35. The van der Waals surface area contributed by atoms with Gasteiger partial charge in [-0.05, 0) is 54.9 Å². The molecule has 148 valence electrons. The number of H-pyrrole nitrogens is 1. The average Bonchev–Trinajstić information content (AvgIpc) is 3.50. The molecule has 1 saturated carbocycles. The van der Waals surface area contributed by atoms with Crippen molar-refractivity contribution in [3.63, 3.8) is 0 Å². The van der Waals surface area contributed by atoms with Gasteiger partial charge in [0.15, 0.2) is 0 Å². The normalized spacial score (nSPS) is 22.6. The Labute approximate surface area is 167 Å². The summed E-state index contributed by atoms with van der Waals surface area (Å²) in [5.74, 6) is 1.35. The summed E-state index contributed by atoms with van der Waals surface area (Å²) in [7, 11) is 0. The summed E-state index contributed by atoms with van der Waals surface area (Å²) < 4.78 is 0. The molecule has 0 spiro atoms. The lowest BCUT2D eigenvalue weighted by molar-refractivity contribution is -0.135. The molecule has 0 radical (unpaired) electrons. The number of nitrogens with one attached hydrogen (secondary N) is 1. The maximum atomic E-state index is 12.8. The molecule has 2 fully saturated rings. The number of rotatable bonds is 4. The number of aromatic amines is 1. The first-order valence-electron chi connectivity index (χ1n) is 10.9. The summed E-state index contributed by atoms with van der Waals surface area (Å²) in [4.78, 5) is 17.5. The zero-order valence-corrected chi connectivity index (χ0v) is 16.6. The molecule has 1 aromatic heterocycles. The average molecular weight is 379 g/mol. The zero-order chi connectivity index (χ0) is 18.9. The second kappa shape index (κ2) is 7.61. The molecule has 1 atom stereocenters. The minimum atomic E-state index is 0.307. The number of anilines is 1. The molecule has 1 aromatic carbocycles. The maximum absolute atomic E-state index is 12.8. The number of carbonyl (C=O) groups excluding carboxylic acids is 1. The Morgan fingerprint density at radius 3 is 2.82 bits per heavy atom. The quantitative estimate of drug-likeness (QED) is 0.879. The van der Waals surface area contributed by atoms with E-state index >= 15 is 0 Å². The third kappa shape index (κ3) is 3.43. The van der Waals surface area contributed by atoms with E-state index in [-0.39, 0.29) is 0 Å². The van der Waals surface area contributed by atoms with Crippen LogP contribution in [0.1, 0.15) is 44.1 Å². The van der Waals surface area contributed by atoms with E-state index in [0.717, 1.165) is 57.4 Å². The van der Waals surface area contributed by atoms with Crippen LogP contribution < -0.4 is 4.90 Å². The number of hydrogen-bond acceptors (Lipinski definition) is 3. The molecular weight excluding hydrogens is 348 g/mol. The molecule has 5 nitrogen and oxygen atoms in total. The molecule has 1 saturated heterocycles. The molecule has 5 heteroatoms. The van der Waals surface area contributed by atoms with Crippen molar-refractivity contribution in [2.75, 3.05) is 31.1 Å². The van der Waals surface area contributed by atoms with Crippen LogP contribution in [-0.2, 0) is 11.2 Å². The van der Waals surface area contributed by atoms with E-state index < -0.39 is 0 Å². The molecule has 5 rings (SSSR count). The number of benzene rings is 1. The van der Waals surface area contributed by atoms with E-state index in [1.54, 1.807) is 0 Å². The fourth-order valence-electron chi connectivity index (χ4n) is 5.35. The second-order valence-corrected chi connectivity index (χ2v) is 8.80. The van der Waals surface area contributed by atoms with Gasteiger partial charge in [-0.2, -0.15) is 5.10 Å². The summed E-state index contributed by atoms with van der Waals surface area (Å²) in [5.41, 5.74) is 5.20. The van der Waals surface area contributed by atoms with Gasteiger partial charge < -0.3 is 9.80 Å². The molecule has 2 aromatic rings. The van der Waals surface area contributed by atoms with E-state index in [4.69, 9.17) is 0 Å². The lowest BCUT2D eigenvalue weighted by Crippen LogP contribution is -2.36. The van der Waals surface area contributed by atoms with Gasteiger partial charge in [0.05, 0.1) is 6.20 Å². The molecule has 1 N–H and O–H groups in total. The van der Waals surface area contributed by atoms with Gasteiger partial charge in [0, 0.05) is 49.5 Å². The highest BCUT2D eigenvalue weighted by atomic mass is 16.2. The van der Waals surface area contributed by atoms with Crippen molar-refractivity contribution in [2.45, 2.75) is 44.9 Å². The molecule has 3 heterocycles. The van der Waals surface area contributed by atoms with Crippen molar-refractivity contribution in [3.8, 4) is 11.1 Å². The molecule has 28 heavy (non-hydrogen) atoms. The Morgan fingerprint density at radius 1 is 1.11 bits per heavy atom. The number of carbonyl (C=O) groups is 1. The Kier molecular flexibility index (Phi) is 4.83. The zero-order valence-electron chi connectivity index (χ0n) is 16.6. The van der Waals surface area contributed by atoms with E-state index in [2.05, 4.69) is 38.2 Å². The van der Waals surface area contributed by atoms with Gasteiger partial charge in [-0.25, -0.2) is 0 Å². The maximum Gasteiger partial charge on any atom is 0.225 e. The van der Waals surface area contributed by atoms with Gasteiger partial charge in [-0.15, -0.1) is 0 Å². The van der Waals surface area contributed by atoms with Crippen LogP contribution in [0.4, 0.5) is 5.69 Å². The van der Waals surface area contributed by atoms with Crippen molar-refractivity contribution in [3.05, 3.63) is 36.2 Å². The lowest BCUT2D eigenvalue weighted by Gasteiger charge is -2.27. The lowest BCUT2D eigenvalue weighted by atomic mass is 9.88. The number of nitrogens with zero attached hydrogens (tertiary/aromatic N) is 3. The summed E-state index contributed by atoms with van der Waals surface area (Å²) in [6, 6.07) is 6.79. The predicted molar refractivity (Wildman–Crippen MR) is 111 cm³/mol. The van der Waals surface area contributed by atoms with Crippen LogP contribution in [-0.4, -0.2) is 47.2 Å². The molecule has 1 aliphatic carbocycles. The Hall–Kier alpha value is -2.30. The standard InChI is InChI=1S/C23H30N4O/c28-23(18-4-2-1-3-5-18)27-10-8-17(16-27)15-26-11-9-20-12-19(6-7-22(20)26)21-13-24-25-14-21/h6-7,12-14,17-18H,1-5,8-11,15-16H2,(H,24,25). The summed E-state index contributed by atoms with van der Waals surface area (Å²) in [6.07, 6.45) is 12.1. The van der Waals surface area contributed by atoms with Gasteiger partial charge in [-0.1, -0.05) is 25.3 Å². The molecular formula is C23H30N4O. The van der Waals surface area contributed by atoms with E-state index in [0.29, 0.717) is 17.7 Å². The number of fused-ring (bicyclic) bond motifs is 1. The summed E-state index contributed by atoms with van der Waals surface area (Å²) >= 11 is 0. The van der Waals surface area contributed by atoms with E-state index in [1.807, 2.05) is 12.4 Å².